The normalized spacial score (nSPS) is 25.1. The number of carbonyl (C=O) groups excluding carboxylic acids is 1. The Labute approximate surface area is 234 Å². The molecule has 0 bridgehead atoms. The van der Waals surface area contributed by atoms with Crippen molar-refractivity contribution in [2.45, 2.75) is 60.9 Å². The van der Waals surface area contributed by atoms with Gasteiger partial charge in [-0.05, 0) is 42.7 Å². The van der Waals surface area contributed by atoms with E-state index in [4.69, 9.17) is 4.74 Å². The van der Waals surface area contributed by atoms with Crippen molar-refractivity contribution < 1.29 is 45.0 Å². The van der Waals surface area contributed by atoms with Gasteiger partial charge in [-0.3, -0.25) is 4.79 Å². The predicted octanol–water partition coefficient (Wildman–Crippen LogP) is 3.44. The lowest BCUT2D eigenvalue weighted by Gasteiger charge is -2.43. The summed E-state index contributed by atoms with van der Waals surface area (Å²) < 4.78 is 101. The average Bonchev–Trinajstić information content (AvgIpc) is 3.30. The van der Waals surface area contributed by atoms with Crippen LogP contribution in [0.1, 0.15) is 32.1 Å². The van der Waals surface area contributed by atoms with Crippen molar-refractivity contribution in [2.75, 3.05) is 32.8 Å². The van der Waals surface area contributed by atoms with Crippen molar-refractivity contribution in [3.05, 3.63) is 48.0 Å². The first-order valence-electron chi connectivity index (χ1n) is 13.3. The maximum absolute atomic E-state index is 14.5. The Balaban J connectivity index is 1.48. The second-order valence-electron chi connectivity index (χ2n) is 10.8. The highest BCUT2D eigenvalue weighted by molar-refractivity contribution is 7.89. The van der Waals surface area contributed by atoms with E-state index in [1.165, 1.54) is 24.3 Å². The van der Waals surface area contributed by atoms with E-state index in [2.05, 4.69) is 5.32 Å². The van der Waals surface area contributed by atoms with Gasteiger partial charge in [-0.25, -0.2) is 17.2 Å². The average molecular weight is 604 g/mol. The number of aliphatic hydroxyl groups is 1. The number of amides is 1. The highest BCUT2D eigenvalue weighted by Gasteiger charge is 2.47. The van der Waals surface area contributed by atoms with Crippen molar-refractivity contribution in [2.24, 2.45) is 0 Å². The molecule has 8 nitrogen and oxygen atoms in total. The summed E-state index contributed by atoms with van der Waals surface area (Å²) in [6, 6.07) is 5.72. The van der Waals surface area contributed by atoms with Gasteiger partial charge in [-0.15, -0.1) is 0 Å². The Hall–Kier alpha value is -2.81. The summed E-state index contributed by atoms with van der Waals surface area (Å²) in [5, 5.41) is 13.3. The minimum absolute atomic E-state index is 0.0264. The minimum atomic E-state index is -4.37. The molecule has 3 heterocycles. The number of ether oxygens (including phenoxy) is 1. The van der Waals surface area contributed by atoms with Gasteiger partial charge in [0.25, 0.3) is 0 Å². The molecule has 0 aromatic heterocycles. The molecule has 3 aliphatic heterocycles. The van der Waals surface area contributed by atoms with Crippen LogP contribution >= 0.6 is 0 Å². The van der Waals surface area contributed by atoms with Crippen LogP contribution in [0.15, 0.2) is 41.3 Å². The van der Waals surface area contributed by atoms with Crippen LogP contribution in [-0.2, 0) is 14.8 Å². The Morgan fingerprint density at radius 1 is 1.07 bits per heavy atom. The van der Waals surface area contributed by atoms with E-state index in [-0.39, 0.29) is 67.4 Å². The number of halogens is 5. The quantitative estimate of drug-likeness (QED) is 0.522. The van der Waals surface area contributed by atoms with Crippen LogP contribution in [0.25, 0.3) is 11.1 Å². The minimum Gasteiger partial charge on any atom is -0.492 e. The van der Waals surface area contributed by atoms with Crippen LogP contribution in [0.4, 0.5) is 22.0 Å². The summed E-state index contributed by atoms with van der Waals surface area (Å²) in [4.78, 5) is 14.9. The Morgan fingerprint density at radius 3 is 2.49 bits per heavy atom. The van der Waals surface area contributed by atoms with Crippen LogP contribution in [0, 0.1) is 11.6 Å². The molecule has 14 heteroatoms. The molecule has 1 spiro atoms. The van der Waals surface area contributed by atoms with Gasteiger partial charge in [0.1, 0.15) is 28.3 Å². The molecule has 2 N–H and O–H groups in total. The van der Waals surface area contributed by atoms with Gasteiger partial charge in [0, 0.05) is 56.2 Å². The molecular weight excluding hydrogens is 573 g/mol. The first-order chi connectivity index (χ1) is 19.3. The number of sulfonamides is 1. The molecule has 224 valence electrons. The van der Waals surface area contributed by atoms with Gasteiger partial charge in [-0.2, -0.15) is 17.5 Å². The number of benzene rings is 2. The fraction of sp³-hybridized carbons (Fsp3) is 0.519. The first-order valence-corrected chi connectivity index (χ1v) is 14.7. The molecule has 0 aliphatic carbocycles. The zero-order chi connectivity index (χ0) is 29.6. The lowest BCUT2D eigenvalue weighted by atomic mass is 9.84. The third-order valence-electron chi connectivity index (χ3n) is 8.06. The lowest BCUT2D eigenvalue weighted by Crippen LogP contribution is -2.59. The molecule has 2 aromatic rings. The third kappa shape index (κ3) is 6.35. The number of rotatable bonds is 3. The smallest absolute Gasteiger partial charge is 0.390 e. The number of hydrogen-bond donors (Lipinski definition) is 2. The summed E-state index contributed by atoms with van der Waals surface area (Å²) in [7, 11) is -4.37. The van der Waals surface area contributed by atoms with Gasteiger partial charge in [0.2, 0.25) is 15.9 Å². The van der Waals surface area contributed by atoms with Gasteiger partial charge in [0.05, 0.1) is 19.1 Å². The molecule has 0 saturated carbocycles. The van der Waals surface area contributed by atoms with Crippen molar-refractivity contribution in [1.82, 2.24) is 14.5 Å². The molecule has 2 atom stereocenters. The lowest BCUT2D eigenvalue weighted by molar-refractivity contribution is -0.139. The molecule has 1 amide bonds. The summed E-state index contributed by atoms with van der Waals surface area (Å²) >= 11 is 0. The second kappa shape index (κ2) is 11.1. The number of hydrogen-bond acceptors (Lipinski definition) is 6. The van der Waals surface area contributed by atoms with E-state index in [0.29, 0.717) is 18.9 Å². The predicted molar refractivity (Wildman–Crippen MR) is 137 cm³/mol. The fourth-order valence-electron chi connectivity index (χ4n) is 5.77. The van der Waals surface area contributed by atoms with Crippen molar-refractivity contribution in [1.29, 1.82) is 0 Å². The van der Waals surface area contributed by atoms with Crippen LogP contribution in [0.2, 0.25) is 0 Å². The standard InChI is InChI=1S/C27H30F5N3O5S/c28-18-2-3-20(21(29)14-18)17-1-4-24-23(13-17)40-12-8-26(5-9-34(10-6-26)11-7-27(30,31)32)33-25(37)22-15-19(36)16-35(22)41(24,38)39/h1-4,13-14,19,22,36H,5-12,15-16H2,(H,33,37)/t19-,22+/m1/s1. The van der Waals surface area contributed by atoms with Gasteiger partial charge < -0.3 is 20.1 Å². The SMILES string of the molecule is O=C1NC2(CCOc3cc(-c4ccc(F)cc4F)ccc3S(=O)(=O)N3C[C@H](O)C[C@@H]13)CCN(CCC(F)(F)F)CC2. The van der Waals surface area contributed by atoms with E-state index < -0.39 is 57.8 Å². The maximum atomic E-state index is 14.5. The molecule has 0 unspecified atom stereocenters. The monoisotopic (exact) mass is 603 g/mol. The zero-order valence-corrected chi connectivity index (χ0v) is 22.8. The van der Waals surface area contributed by atoms with E-state index in [9.17, 15) is 40.3 Å². The zero-order valence-electron chi connectivity index (χ0n) is 22.0. The van der Waals surface area contributed by atoms with E-state index in [0.717, 1.165) is 10.4 Å². The number of piperidine rings is 1. The summed E-state index contributed by atoms with van der Waals surface area (Å²) in [6.07, 6.45) is -5.60. The second-order valence-corrected chi connectivity index (χ2v) is 12.7. The Bertz CT molecular complexity index is 1410. The number of fused-ring (bicyclic) bond motifs is 2. The molecular formula is C27H30F5N3O5S. The van der Waals surface area contributed by atoms with E-state index in [1.54, 1.807) is 4.90 Å². The molecule has 41 heavy (non-hydrogen) atoms. The van der Waals surface area contributed by atoms with Crippen molar-refractivity contribution in [3.8, 4) is 16.9 Å². The molecule has 2 fully saturated rings. The summed E-state index contributed by atoms with van der Waals surface area (Å²) in [5.74, 6) is -2.31. The number of aliphatic hydroxyl groups excluding tert-OH is 1. The molecule has 3 aliphatic rings. The number of likely N-dealkylation sites (tertiary alicyclic amines) is 1. The van der Waals surface area contributed by atoms with Crippen molar-refractivity contribution >= 4 is 15.9 Å². The number of carbonyl (C=O) groups is 1. The van der Waals surface area contributed by atoms with Crippen LogP contribution in [-0.4, -0.2) is 85.3 Å². The number of nitrogens with one attached hydrogen (secondary N) is 1. The third-order valence-corrected chi connectivity index (χ3v) is 9.97. The number of nitrogens with zero attached hydrogens (tertiary/aromatic N) is 2. The maximum Gasteiger partial charge on any atom is 0.390 e. The highest BCUT2D eigenvalue weighted by atomic mass is 32.2. The van der Waals surface area contributed by atoms with Gasteiger partial charge in [-0.1, -0.05) is 6.07 Å². The largest absolute Gasteiger partial charge is 0.492 e. The van der Waals surface area contributed by atoms with Crippen LogP contribution in [0.5, 0.6) is 5.75 Å². The topological polar surface area (TPSA) is 99.2 Å². The fourth-order valence-corrected chi connectivity index (χ4v) is 7.52. The van der Waals surface area contributed by atoms with Crippen LogP contribution in [0.3, 0.4) is 0 Å². The van der Waals surface area contributed by atoms with Gasteiger partial charge >= 0.3 is 6.18 Å². The van der Waals surface area contributed by atoms with Crippen LogP contribution < -0.4 is 10.1 Å². The Kier molecular flexibility index (Phi) is 8.05. The summed E-state index contributed by atoms with van der Waals surface area (Å²) in [6.45, 7) is 0.0356. The number of alkyl halides is 3. The molecule has 5 rings (SSSR count). The molecule has 2 saturated heterocycles. The van der Waals surface area contributed by atoms with Gasteiger partial charge in [0.15, 0.2) is 0 Å². The molecule has 2 aromatic carbocycles. The van der Waals surface area contributed by atoms with E-state index >= 15 is 0 Å². The Morgan fingerprint density at radius 2 is 1.80 bits per heavy atom. The van der Waals surface area contributed by atoms with Crippen molar-refractivity contribution in [3.63, 3.8) is 0 Å². The molecule has 0 radical (unpaired) electrons. The van der Waals surface area contributed by atoms with E-state index in [1.807, 2.05) is 0 Å². The summed E-state index contributed by atoms with van der Waals surface area (Å²) in [5.41, 5.74) is -0.607. The first kappa shape index (κ1) is 29.7. The highest BCUT2D eigenvalue weighted by Crippen LogP contribution is 2.38.